The molecular formula is C18H25FO5. The first-order chi connectivity index (χ1) is 11.6. The molecule has 1 atom stereocenters. The fraction of sp³-hybridized carbons (Fsp3) is 0.611. The molecule has 0 heterocycles. The van der Waals surface area contributed by atoms with E-state index in [2.05, 4.69) is 0 Å². The van der Waals surface area contributed by atoms with E-state index in [-0.39, 0.29) is 24.6 Å². The molecule has 0 unspecified atom stereocenters. The third-order valence-electron chi connectivity index (χ3n) is 4.36. The Kier molecular flexibility index (Phi) is 6.99. The second-order valence-corrected chi connectivity index (χ2v) is 5.92. The van der Waals surface area contributed by atoms with Gasteiger partial charge in [0.2, 0.25) is 0 Å². The van der Waals surface area contributed by atoms with Crippen molar-refractivity contribution in [2.75, 3.05) is 20.3 Å². The van der Waals surface area contributed by atoms with Gasteiger partial charge in [0.15, 0.2) is 0 Å². The van der Waals surface area contributed by atoms with Crippen molar-refractivity contribution in [2.45, 2.75) is 44.8 Å². The number of aliphatic hydroxyl groups excluding tert-OH is 1. The van der Waals surface area contributed by atoms with Crippen molar-refractivity contribution < 1.29 is 28.5 Å². The highest BCUT2D eigenvalue weighted by Crippen LogP contribution is 2.34. The molecule has 1 aliphatic rings. The highest BCUT2D eigenvalue weighted by atomic mass is 19.1. The van der Waals surface area contributed by atoms with Crippen molar-refractivity contribution >= 4 is 5.97 Å². The molecule has 6 heteroatoms. The number of aliphatic hydroxyl groups is 1. The van der Waals surface area contributed by atoms with Crippen LogP contribution < -0.4 is 4.74 Å². The number of carbonyl (C=O) groups excluding carboxylic acids is 1. The normalized spacial score (nSPS) is 22.0. The maximum atomic E-state index is 13.5. The Morgan fingerprint density at radius 3 is 2.62 bits per heavy atom. The Bertz CT molecular complexity index is 540. The highest BCUT2D eigenvalue weighted by molar-refractivity contribution is 5.72. The van der Waals surface area contributed by atoms with Gasteiger partial charge in [-0.15, -0.1) is 0 Å². The first-order valence-electron chi connectivity index (χ1n) is 8.35. The van der Waals surface area contributed by atoms with Crippen LogP contribution in [0.1, 0.15) is 44.3 Å². The Labute approximate surface area is 141 Å². The average Bonchev–Trinajstić information content (AvgIpc) is 2.60. The summed E-state index contributed by atoms with van der Waals surface area (Å²) in [6, 6.07) is 4.15. The van der Waals surface area contributed by atoms with Crippen molar-refractivity contribution in [3.8, 4) is 5.75 Å². The first-order valence-corrected chi connectivity index (χ1v) is 8.35. The largest absolute Gasteiger partial charge is 0.496 e. The maximum Gasteiger partial charge on any atom is 0.308 e. The molecule has 5 nitrogen and oxygen atoms in total. The molecule has 2 rings (SSSR count). The first kappa shape index (κ1) is 18.7. The predicted molar refractivity (Wildman–Crippen MR) is 86.2 cm³/mol. The molecule has 24 heavy (non-hydrogen) atoms. The van der Waals surface area contributed by atoms with Crippen molar-refractivity contribution in [1.82, 2.24) is 0 Å². The van der Waals surface area contributed by atoms with Crippen LogP contribution in [0.5, 0.6) is 5.75 Å². The van der Waals surface area contributed by atoms with Crippen LogP contribution >= 0.6 is 0 Å². The molecule has 1 aliphatic carbocycles. The Balaban J connectivity index is 1.97. The smallest absolute Gasteiger partial charge is 0.308 e. The summed E-state index contributed by atoms with van der Waals surface area (Å²) < 4.78 is 29.8. The minimum absolute atomic E-state index is 0.0823. The number of esters is 1. The summed E-state index contributed by atoms with van der Waals surface area (Å²) in [6.07, 6.45) is 2.07. The Morgan fingerprint density at radius 1 is 1.33 bits per heavy atom. The molecule has 1 aromatic carbocycles. The minimum Gasteiger partial charge on any atom is -0.496 e. The topological polar surface area (TPSA) is 65.0 Å². The van der Waals surface area contributed by atoms with Crippen molar-refractivity contribution in [2.24, 2.45) is 5.92 Å². The zero-order chi connectivity index (χ0) is 17.5. The van der Waals surface area contributed by atoms with Gasteiger partial charge >= 0.3 is 5.97 Å². The fourth-order valence-electron chi connectivity index (χ4n) is 3.10. The van der Waals surface area contributed by atoms with Crippen LogP contribution in [-0.4, -0.2) is 37.5 Å². The summed E-state index contributed by atoms with van der Waals surface area (Å²) >= 11 is 0. The number of methoxy groups -OCH3 is 1. The van der Waals surface area contributed by atoms with E-state index in [9.17, 15) is 14.3 Å². The lowest BCUT2D eigenvalue weighted by Crippen LogP contribution is -2.29. The van der Waals surface area contributed by atoms with Crippen molar-refractivity contribution in [1.29, 1.82) is 0 Å². The molecule has 0 bridgehead atoms. The molecular weight excluding hydrogens is 315 g/mol. The summed E-state index contributed by atoms with van der Waals surface area (Å²) in [5.74, 6) is -0.155. The monoisotopic (exact) mass is 340 g/mol. The van der Waals surface area contributed by atoms with Gasteiger partial charge in [-0.25, -0.2) is 4.39 Å². The second-order valence-electron chi connectivity index (χ2n) is 5.92. The van der Waals surface area contributed by atoms with Gasteiger partial charge in [0.1, 0.15) is 17.7 Å². The number of hydrogen-bond acceptors (Lipinski definition) is 5. The lowest BCUT2D eigenvalue weighted by molar-refractivity contribution is -0.150. The lowest BCUT2D eigenvalue weighted by Gasteiger charge is -2.30. The average molecular weight is 340 g/mol. The van der Waals surface area contributed by atoms with Gasteiger partial charge in [0.05, 0.1) is 32.3 Å². The zero-order valence-corrected chi connectivity index (χ0v) is 14.2. The van der Waals surface area contributed by atoms with Gasteiger partial charge < -0.3 is 19.3 Å². The van der Waals surface area contributed by atoms with Gasteiger partial charge in [-0.1, -0.05) is 0 Å². The number of rotatable bonds is 7. The summed E-state index contributed by atoms with van der Waals surface area (Å²) in [4.78, 5) is 11.8. The number of ether oxygens (including phenoxy) is 3. The van der Waals surface area contributed by atoms with Crippen LogP contribution in [0.15, 0.2) is 18.2 Å². The summed E-state index contributed by atoms with van der Waals surface area (Å²) in [7, 11) is 1.50. The van der Waals surface area contributed by atoms with E-state index >= 15 is 0 Å². The molecule has 1 aromatic rings. The quantitative estimate of drug-likeness (QED) is 0.773. The van der Waals surface area contributed by atoms with Crippen LogP contribution in [0, 0.1) is 11.7 Å². The van der Waals surface area contributed by atoms with Crippen molar-refractivity contribution in [3.63, 3.8) is 0 Å². The molecule has 0 aliphatic heterocycles. The summed E-state index contributed by atoms with van der Waals surface area (Å²) in [6.45, 7) is 1.92. The maximum absolute atomic E-state index is 13.5. The second kappa shape index (κ2) is 8.99. The van der Waals surface area contributed by atoms with Crippen LogP contribution in [0.2, 0.25) is 0 Å². The molecule has 1 N–H and O–H groups in total. The third kappa shape index (κ3) is 4.68. The van der Waals surface area contributed by atoms with E-state index in [0.29, 0.717) is 43.6 Å². The van der Waals surface area contributed by atoms with E-state index in [1.807, 2.05) is 0 Å². The van der Waals surface area contributed by atoms with Gasteiger partial charge in [0.25, 0.3) is 0 Å². The van der Waals surface area contributed by atoms with Gasteiger partial charge in [0, 0.05) is 5.56 Å². The zero-order valence-electron chi connectivity index (χ0n) is 14.2. The number of benzene rings is 1. The van der Waals surface area contributed by atoms with E-state index < -0.39 is 11.9 Å². The molecule has 0 radical (unpaired) electrons. The van der Waals surface area contributed by atoms with E-state index in [1.165, 1.54) is 25.3 Å². The SMILES string of the molecule is CCOC(=O)C1CCC(O[C@@H](CO)c2cc(F)ccc2OC)CC1. The van der Waals surface area contributed by atoms with E-state index in [0.717, 1.165) is 0 Å². The number of carbonyl (C=O) groups is 1. The predicted octanol–water partition coefficient (Wildman–Crippen LogP) is 3.01. The van der Waals surface area contributed by atoms with Crippen LogP contribution in [0.4, 0.5) is 4.39 Å². The van der Waals surface area contributed by atoms with E-state index in [1.54, 1.807) is 6.92 Å². The molecule has 0 amide bonds. The number of hydrogen-bond donors (Lipinski definition) is 1. The highest BCUT2D eigenvalue weighted by Gasteiger charge is 2.30. The summed E-state index contributed by atoms with van der Waals surface area (Å²) in [5.41, 5.74) is 0.493. The van der Waals surface area contributed by atoms with Crippen LogP contribution in [-0.2, 0) is 14.3 Å². The molecule has 134 valence electrons. The fourth-order valence-corrected chi connectivity index (χ4v) is 3.10. The molecule has 1 saturated carbocycles. The minimum atomic E-state index is -0.653. The van der Waals surface area contributed by atoms with Crippen LogP contribution in [0.3, 0.4) is 0 Å². The number of halogens is 1. The van der Waals surface area contributed by atoms with Gasteiger partial charge in [-0.3, -0.25) is 4.79 Å². The van der Waals surface area contributed by atoms with Crippen LogP contribution in [0.25, 0.3) is 0 Å². The standard InChI is InChI=1S/C18H25FO5/c1-3-23-18(21)12-4-7-14(8-5-12)24-17(11-20)15-10-13(19)6-9-16(15)22-2/h6,9-10,12,14,17,20H,3-5,7-8,11H2,1-2H3/t12?,14?,17-/m0/s1. The lowest BCUT2D eigenvalue weighted by atomic mass is 9.87. The van der Waals surface area contributed by atoms with Gasteiger partial charge in [-0.05, 0) is 50.8 Å². The molecule has 0 saturated heterocycles. The van der Waals surface area contributed by atoms with E-state index in [4.69, 9.17) is 14.2 Å². The summed E-state index contributed by atoms with van der Waals surface area (Å²) in [5, 5.41) is 9.65. The molecule has 0 aromatic heterocycles. The van der Waals surface area contributed by atoms with Gasteiger partial charge in [-0.2, -0.15) is 0 Å². The van der Waals surface area contributed by atoms with Crippen molar-refractivity contribution in [3.05, 3.63) is 29.6 Å². The Hall–Kier alpha value is -1.66. The third-order valence-corrected chi connectivity index (χ3v) is 4.36. The Morgan fingerprint density at radius 2 is 2.04 bits per heavy atom. The molecule has 1 fully saturated rings. The molecule has 0 spiro atoms.